The van der Waals surface area contributed by atoms with Crippen molar-refractivity contribution in [3.05, 3.63) is 95.0 Å². The van der Waals surface area contributed by atoms with E-state index in [0.717, 1.165) is 17.8 Å². The first-order chi connectivity index (χ1) is 15.4. The smallest absolute Gasteiger partial charge is 0.254 e. The Hall–Kier alpha value is -3.88. The summed E-state index contributed by atoms with van der Waals surface area (Å²) in [6, 6.07) is 8.89. The fourth-order valence-corrected chi connectivity index (χ4v) is 3.73. The lowest BCUT2D eigenvalue weighted by atomic mass is 9.94. The maximum Gasteiger partial charge on any atom is 0.254 e. The normalized spacial score (nSPS) is 14.8. The minimum atomic E-state index is -1.54. The highest BCUT2D eigenvalue weighted by Crippen LogP contribution is 2.24. The van der Waals surface area contributed by atoms with Crippen LogP contribution in [-0.4, -0.2) is 46.2 Å². The molecule has 0 unspecified atom stereocenters. The fourth-order valence-electron chi connectivity index (χ4n) is 3.73. The topological polar surface area (TPSA) is 76.5 Å². The predicted octanol–water partition coefficient (Wildman–Crippen LogP) is 3.47. The summed E-state index contributed by atoms with van der Waals surface area (Å²) in [5.74, 6) is -4.32. The van der Waals surface area contributed by atoms with Gasteiger partial charge >= 0.3 is 0 Å². The van der Waals surface area contributed by atoms with E-state index in [1.54, 1.807) is 35.8 Å². The first kappa shape index (κ1) is 21.4. The number of carbonyl (C=O) groups is 1. The van der Waals surface area contributed by atoms with E-state index >= 15 is 0 Å². The predicted molar refractivity (Wildman–Crippen MR) is 114 cm³/mol. The van der Waals surface area contributed by atoms with Gasteiger partial charge in [0.15, 0.2) is 17.5 Å². The summed E-state index contributed by atoms with van der Waals surface area (Å²) >= 11 is 0. The third-order valence-corrected chi connectivity index (χ3v) is 5.35. The largest absolute Gasteiger partial charge is 0.400 e. The third kappa shape index (κ3) is 4.01. The minimum Gasteiger partial charge on any atom is -0.400 e. The van der Waals surface area contributed by atoms with Gasteiger partial charge in [-0.15, -0.1) is 0 Å². The number of rotatable bonds is 4. The Morgan fingerprint density at radius 2 is 1.78 bits per heavy atom. The molecule has 1 aliphatic rings. The van der Waals surface area contributed by atoms with E-state index in [9.17, 15) is 18.0 Å². The van der Waals surface area contributed by atoms with Gasteiger partial charge in [0.05, 0.1) is 18.6 Å². The van der Waals surface area contributed by atoms with E-state index in [1.807, 2.05) is 16.7 Å². The van der Waals surface area contributed by atoms with Crippen LogP contribution in [0.4, 0.5) is 13.2 Å². The van der Waals surface area contributed by atoms with E-state index in [1.165, 1.54) is 7.05 Å². The minimum absolute atomic E-state index is 0.0942. The lowest BCUT2D eigenvalue weighted by molar-refractivity contribution is 0.0764. The number of benzene rings is 2. The summed E-state index contributed by atoms with van der Waals surface area (Å²) in [6.45, 7) is 0.492. The van der Waals surface area contributed by atoms with Crippen molar-refractivity contribution in [3.8, 4) is 5.69 Å². The molecule has 1 amide bonds. The van der Waals surface area contributed by atoms with Crippen LogP contribution in [-0.2, 0) is 0 Å². The van der Waals surface area contributed by atoms with Crippen molar-refractivity contribution in [2.45, 2.75) is 6.42 Å². The molecule has 3 aromatic rings. The highest BCUT2D eigenvalue weighted by molar-refractivity contribution is 6.13. The van der Waals surface area contributed by atoms with Crippen LogP contribution in [0.1, 0.15) is 22.3 Å². The van der Waals surface area contributed by atoms with Gasteiger partial charge in [0.25, 0.3) is 5.91 Å². The van der Waals surface area contributed by atoms with Crippen molar-refractivity contribution in [2.75, 3.05) is 20.1 Å². The lowest BCUT2D eigenvalue weighted by Crippen LogP contribution is -2.40. The van der Waals surface area contributed by atoms with Crippen LogP contribution in [0.2, 0.25) is 0 Å². The van der Waals surface area contributed by atoms with Crippen LogP contribution in [0.5, 0.6) is 0 Å². The standard InChI is InChI=1S/C23H20F3N5O/c1-28-22(15-10-18(24)21(26)19(25)11-15)17-6-8-30(12-20(17)27)23(32)14-2-4-16(5-3-14)31-9-7-29-13-31/h2-5,7,9-11,13H,6,8,12,27H2,1H3. The molecule has 0 atom stereocenters. The van der Waals surface area contributed by atoms with Gasteiger partial charge in [-0.3, -0.25) is 9.79 Å². The molecule has 9 heteroatoms. The van der Waals surface area contributed by atoms with E-state index in [0.29, 0.717) is 29.8 Å². The molecule has 0 radical (unpaired) electrons. The highest BCUT2D eigenvalue weighted by Gasteiger charge is 2.26. The van der Waals surface area contributed by atoms with Crippen molar-refractivity contribution in [2.24, 2.45) is 10.7 Å². The second-order valence-electron chi connectivity index (χ2n) is 7.32. The molecule has 0 spiro atoms. The van der Waals surface area contributed by atoms with Gasteiger partial charge < -0.3 is 15.2 Å². The molecule has 164 valence electrons. The highest BCUT2D eigenvalue weighted by atomic mass is 19.2. The van der Waals surface area contributed by atoms with Crippen molar-refractivity contribution in [1.82, 2.24) is 14.5 Å². The average Bonchev–Trinajstić information content (AvgIpc) is 3.33. The molecule has 1 aromatic heterocycles. The number of carbonyl (C=O) groups excluding carboxylic acids is 1. The molecule has 0 aliphatic carbocycles. The van der Waals surface area contributed by atoms with Crippen LogP contribution in [0.3, 0.4) is 0 Å². The number of aromatic nitrogens is 2. The monoisotopic (exact) mass is 439 g/mol. The van der Waals surface area contributed by atoms with Gasteiger partial charge in [-0.2, -0.15) is 0 Å². The van der Waals surface area contributed by atoms with Gasteiger partial charge in [0, 0.05) is 54.1 Å². The number of amides is 1. The Morgan fingerprint density at radius 1 is 1.09 bits per heavy atom. The number of nitrogens with zero attached hydrogens (tertiary/aromatic N) is 4. The summed E-state index contributed by atoms with van der Waals surface area (Å²) in [6.07, 6.45) is 5.49. The number of nitrogens with two attached hydrogens (primary N) is 1. The third-order valence-electron chi connectivity index (χ3n) is 5.35. The molecule has 2 heterocycles. The number of halogens is 3. The molecule has 0 saturated heterocycles. The van der Waals surface area contributed by atoms with Crippen molar-refractivity contribution in [1.29, 1.82) is 0 Å². The number of imidazole rings is 1. The lowest BCUT2D eigenvalue weighted by Gasteiger charge is -2.30. The Bertz CT molecular complexity index is 1190. The zero-order chi connectivity index (χ0) is 22.8. The number of aliphatic imine (C=N–C) groups is 1. The van der Waals surface area contributed by atoms with Crippen LogP contribution < -0.4 is 5.73 Å². The molecule has 1 aliphatic heterocycles. The van der Waals surface area contributed by atoms with Crippen molar-refractivity contribution < 1.29 is 18.0 Å². The molecule has 32 heavy (non-hydrogen) atoms. The first-order valence-corrected chi connectivity index (χ1v) is 9.86. The molecule has 0 saturated carbocycles. The Labute approximate surface area is 182 Å². The SMILES string of the molecule is CN=C(C1=C(N)CN(C(=O)c2ccc(-n3ccnc3)cc2)CC1)c1cc(F)c(F)c(F)c1. The van der Waals surface area contributed by atoms with Crippen LogP contribution in [0, 0.1) is 17.5 Å². The fraction of sp³-hybridized carbons (Fsp3) is 0.174. The molecular formula is C23H20F3N5O. The second-order valence-corrected chi connectivity index (χ2v) is 7.32. The maximum atomic E-state index is 13.7. The summed E-state index contributed by atoms with van der Waals surface area (Å²) < 4.78 is 42.6. The Kier molecular flexibility index (Phi) is 5.81. The maximum absolute atomic E-state index is 13.7. The van der Waals surface area contributed by atoms with Crippen molar-refractivity contribution >= 4 is 11.6 Å². The molecule has 2 N–H and O–H groups in total. The molecule has 0 fully saturated rings. The van der Waals surface area contributed by atoms with Gasteiger partial charge in [0.2, 0.25) is 0 Å². The molecule has 0 bridgehead atoms. The van der Waals surface area contributed by atoms with E-state index in [-0.39, 0.29) is 23.7 Å². The average molecular weight is 439 g/mol. The van der Waals surface area contributed by atoms with Crippen LogP contribution in [0.25, 0.3) is 5.69 Å². The number of hydrogen-bond donors (Lipinski definition) is 1. The van der Waals surface area contributed by atoms with E-state index in [4.69, 9.17) is 5.73 Å². The Morgan fingerprint density at radius 3 is 2.34 bits per heavy atom. The summed E-state index contributed by atoms with van der Waals surface area (Å²) in [5.41, 5.74) is 8.93. The van der Waals surface area contributed by atoms with Gasteiger partial charge in [-0.25, -0.2) is 18.2 Å². The van der Waals surface area contributed by atoms with Gasteiger partial charge in [0.1, 0.15) is 0 Å². The number of hydrogen-bond acceptors (Lipinski definition) is 4. The molecule has 6 nitrogen and oxygen atoms in total. The van der Waals surface area contributed by atoms with Crippen LogP contribution in [0.15, 0.2) is 71.4 Å². The van der Waals surface area contributed by atoms with Crippen molar-refractivity contribution in [3.63, 3.8) is 0 Å². The van der Waals surface area contributed by atoms with Crippen LogP contribution >= 0.6 is 0 Å². The molecule has 2 aromatic carbocycles. The summed E-state index contributed by atoms with van der Waals surface area (Å²) in [7, 11) is 1.47. The van der Waals surface area contributed by atoms with Gasteiger partial charge in [-0.05, 0) is 42.8 Å². The quantitative estimate of drug-likeness (QED) is 0.500. The zero-order valence-corrected chi connectivity index (χ0v) is 17.2. The first-order valence-electron chi connectivity index (χ1n) is 9.86. The zero-order valence-electron chi connectivity index (χ0n) is 17.2. The molecular weight excluding hydrogens is 419 g/mol. The summed E-state index contributed by atoms with van der Waals surface area (Å²) in [5, 5.41) is 0. The van der Waals surface area contributed by atoms with E-state index in [2.05, 4.69) is 9.98 Å². The molecule has 4 rings (SSSR count). The summed E-state index contributed by atoms with van der Waals surface area (Å²) in [4.78, 5) is 22.7. The Balaban J connectivity index is 1.54. The second kappa shape index (κ2) is 8.70. The van der Waals surface area contributed by atoms with E-state index < -0.39 is 17.5 Å². The van der Waals surface area contributed by atoms with Gasteiger partial charge in [-0.1, -0.05) is 0 Å².